The molecular formula is C3H5AlO3. The first-order valence-electron chi connectivity index (χ1n) is 1.41. The number of carboxylic acids is 1. The minimum absolute atomic E-state index is 0.611. The van der Waals surface area contributed by atoms with E-state index in [-0.39, 0.29) is 0 Å². The molecule has 7 heavy (non-hydrogen) atoms. The molecule has 3 nitrogen and oxygen atoms in total. The van der Waals surface area contributed by atoms with Gasteiger partial charge in [-0.25, -0.2) is 4.79 Å². The number of hydrogen-bond acceptors (Lipinski definition) is 2. The first kappa shape index (κ1) is 9.74. The summed E-state index contributed by atoms with van der Waals surface area (Å²) in [5.74, 6) is -0.981. The topological polar surface area (TPSA) is 54.4 Å². The van der Waals surface area contributed by atoms with Gasteiger partial charge in [-0.05, 0) is 0 Å². The second kappa shape index (κ2) is 9.11. The maximum atomic E-state index is 9.25. The number of hydrogen-bond donors (Lipinski definition) is 1. The number of carboxylic acid groups (broad SMARTS) is 1. The summed E-state index contributed by atoms with van der Waals surface area (Å²) in [6.07, 6.45) is 0.833. The third-order valence-electron chi connectivity index (χ3n) is 0.175. The Labute approximate surface area is 49.3 Å². The van der Waals surface area contributed by atoms with Gasteiger partial charge in [-0.1, -0.05) is 6.58 Å². The van der Waals surface area contributed by atoms with Crippen LogP contribution in [0.3, 0.4) is 0 Å². The molecule has 0 unspecified atom stereocenters. The monoisotopic (exact) mass is 116 g/mol. The maximum absolute atomic E-state index is 9.25. The summed E-state index contributed by atoms with van der Waals surface area (Å²) in [5, 5.41) is 7.60. The molecular weight excluding hydrogens is 111 g/mol. The molecule has 0 amide bonds. The van der Waals surface area contributed by atoms with Gasteiger partial charge in [0.05, 0.1) is 0 Å². The zero-order valence-corrected chi connectivity index (χ0v) is 5.17. The molecule has 0 radical (unpaired) electrons. The molecule has 0 aromatic rings. The molecule has 0 aromatic heterocycles. The van der Waals surface area contributed by atoms with Crippen LogP contribution in [0.2, 0.25) is 0 Å². The molecule has 0 aliphatic carbocycles. The van der Waals surface area contributed by atoms with Crippen molar-refractivity contribution in [3.63, 3.8) is 0 Å². The van der Waals surface area contributed by atoms with Crippen molar-refractivity contribution in [3.8, 4) is 0 Å². The van der Waals surface area contributed by atoms with Crippen LogP contribution in [-0.4, -0.2) is 27.3 Å². The van der Waals surface area contributed by atoms with Gasteiger partial charge in [-0.3, -0.25) is 0 Å². The van der Waals surface area contributed by atoms with E-state index < -0.39 is 5.97 Å². The van der Waals surface area contributed by atoms with Crippen molar-refractivity contribution in [2.24, 2.45) is 0 Å². The molecule has 1 N–H and O–H groups in total. The van der Waals surface area contributed by atoms with Crippen LogP contribution in [-0.2, 0) is 8.60 Å². The Bertz CT molecular complexity index is 70.6. The van der Waals surface area contributed by atoms with Gasteiger partial charge < -0.3 is 5.11 Å². The summed E-state index contributed by atoms with van der Waals surface area (Å²) in [6, 6.07) is 0. The Balaban J connectivity index is 0. The number of rotatable bonds is 1. The van der Waals surface area contributed by atoms with Crippen LogP contribution in [0, 0.1) is 0 Å². The summed E-state index contributed by atoms with van der Waals surface area (Å²) in [6.45, 7) is 2.96. The Kier molecular flexibility index (Phi) is 12.7. The zero-order valence-electron chi connectivity index (χ0n) is 3.76. The molecule has 0 aliphatic rings. The van der Waals surface area contributed by atoms with Crippen LogP contribution in [0.15, 0.2) is 12.7 Å². The standard InChI is InChI=1S/C3H4O2.Al.O.H/c1-2-3(4)5;;;/h2H,1H2,(H,4,5);;;. The summed E-state index contributed by atoms with van der Waals surface area (Å²) >= 11 is 0.611. The van der Waals surface area contributed by atoms with E-state index in [1.807, 2.05) is 0 Å². The second-order valence-corrected chi connectivity index (χ2v) is 0.542. The molecule has 0 aromatic carbocycles. The van der Waals surface area contributed by atoms with Gasteiger partial charge >= 0.3 is 26.0 Å². The van der Waals surface area contributed by atoms with Gasteiger partial charge in [0.15, 0.2) is 0 Å². The predicted octanol–water partition coefficient (Wildman–Crippen LogP) is -0.510. The van der Waals surface area contributed by atoms with Crippen molar-refractivity contribution < 1.29 is 13.7 Å². The van der Waals surface area contributed by atoms with Crippen molar-refractivity contribution in [3.05, 3.63) is 12.7 Å². The van der Waals surface area contributed by atoms with E-state index in [0.717, 1.165) is 6.08 Å². The van der Waals surface area contributed by atoms with E-state index in [9.17, 15) is 4.79 Å². The van der Waals surface area contributed by atoms with Gasteiger partial charge in [-0.15, -0.1) is 0 Å². The molecule has 0 saturated carbocycles. The Hall–Kier alpha value is -0.458. The van der Waals surface area contributed by atoms with Crippen LogP contribution >= 0.6 is 0 Å². The van der Waals surface area contributed by atoms with Gasteiger partial charge in [0.1, 0.15) is 0 Å². The fourth-order valence-electron chi connectivity index (χ4n) is 0. The fraction of sp³-hybridized carbons (Fsp3) is 0. The fourth-order valence-corrected chi connectivity index (χ4v) is 0. The molecule has 0 spiro atoms. The van der Waals surface area contributed by atoms with Gasteiger partial charge in [0.25, 0.3) is 0 Å². The Morgan fingerprint density at radius 2 is 1.86 bits per heavy atom. The van der Waals surface area contributed by atoms with Crippen LogP contribution < -0.4 is 0 Å². The SMILES string of the molecule is C=CC(=O)O.[O]=[AlH]. The molecule has 38 valence electrons. The third-order valence-corrected chi connectivity index (χ3v) is 0.175. The normalized spacial score (nSPS) is 5.00. The van der Waals surface area contributed by atoms with E-state index in [2.05, 4.69) is 6.58 Å². The zero-order chi connectivity index (χ0) is 6.28. The van der Waals surface area contributed by atoms with E-state index in [0.29, 0.717) is 16.2 Å². The van der Waals surface area contributed by atoms with Crippen molar-refractivity contribution in [1.29, 1.82) is 0 Å². The summed E-state index contributed by atoms with van der Waals surface area (Å²) in [5.41, 5.74) is 0. The second-order valence-electron chi connectivity index (χ2n) is 0.542. The average Bonchev–Trinajstić information content (AvgIpc) is 1.73. The van der Waals surface area contributed by atoms with Crippen LogP contribution in [0.5, 0.6) is 0 Å². The van der Waals surface area contributed by atoms with E-state index in [1.54, 1.807) is 0 Å². The van der Waals surface area contributed by atoms with Crippen molar-refractivity contribution in [2.75, 3.05) is 0 Å². The van der Waals surface area contributed by atoms with Crippen LogP contribution in [0.25, 0.3) is 0 Å². The number of aliphatic carboxylic acids is 1. The minimum atomic E-state index is -0.981. The molecule has 0 saturated heterocycles. The molecule has 0 rings (SSSR count). The van der Waals surface area contributed by atoms with Gasteiger partial charge in [-0.2, -0.15) is 0 Å². The Morgan fingerprint density at radius 1 is 1.71 bits per heavy atom. The van der Waals surface area contributed by atoms with Crippen molar-refractivity contribution in [1.82, 2.24) is 0 Å². The molecule has 0 heterocycles. The van der Waals surface area contributed by atoms with E-state index >= 15 is 0 Å². The molecule has 0 aliphatic heterocycles. The summed E-state index contributed by atoms with van der Waals surface area (Å²) < 4.78 is 8.28. The van der Waals surface area contributed by atoms with E-state index in [4.69, 9.17) is 8.91 Å². The first-order chi connectivity index (χ1) is 3.27. The molecule has 4 heteroatoms. The summed E-state index contributed by atoms with van der Waals surface area (Å²) in [4.78, 5) is 9.25. The van der Waals surface area contributed by atoms with Crippen molar-refractivity contribution >= 4 is 22.2 Å². The van der Waals surface area contributed by atoms with Crippen LogP contribution in [0.4, 0.5) is 0 Å². The average molecular weight is 116 g/mol. The predicted molar refractivity (Wildman–Crippen MR) is 25.7 cm³/mol. The van der Waals surface area contributed by atoms with Gasteiger partial charge in [0.2, 0.25) is 0 Å². The number of carbonyl (C=O) groups is 1. The first-order valence-corrected chi connectivity index (χ1v) is 1.99. The van der Waals surface area contributed by atoms with Crippen LogP contribution in [0.1, 0.15) is 0 Å². The Morgan fingerprint density at radius 3 is 1.86 bits per heavy atom. The molecule has 0 atom stereocenters. The van der Waals surface area contributed by atoms with E-state index in [1.165, 1.54) is 0 Å². The third kappa shape index (κ3) is 29.2. The van der Waals surface area contributed by atoms with Gasteiger partial charge in [0, 0.05) is 6.08 Å². The molecule has 0 bridgehead atoms. The van der Waals surface area contributed by atoms with Crippen molar-refractivity contribution in [2.45, 2.75) is 0 Å². The quantitative estimate of drug-likeness (QED) is 0.370. The summed E-state index contributed by atoms with van der Waals surface area (Å²) in [7, 11) is 0. The molecule has 0 fully saturated rings.